The van der Waals surface area contributed by atoms with Gasteiger partial charge >= 0.3 is 0 Å². The number of ether oxygens (including phenoxy) is 1. The molecule has 0 amide bonds. The third-order valence-corrected chi connectivity index (χ3v) is 5.62. The van der Waals surface area contributed by atoms with Crippen molar-refractivity contribution in [3.8, 4) is 5.75 Å². The largest absolute Gasteiger partial charge is 0.493 e. The molecule has 2 N–H and O–H groups in total. The molecule has 0 bridgehead atoms. The zero-order chi connectivity index (χ0) is 14.0. The van der Waals surface area contributed by atoms with Crippen LogP contribution < -0.4 is 10.5 Å². The molecule has 3 atom stereocenters. The van der Waals surface area contributed by atoms with E-state index >= 15 is 0 Å². The molecule has 3 unspecified atom stereocenters. The fourth-order valence-corrected chi connectivity index (χ4v) is 3.24. The fraction of sp³-hybridized carbons (Fsp3) is 0.571. The molecule has 1 aromatic rings. The van der Waals surface area contributed by atoms with Crippen LogP contribution in [0.25, 0.3) is 0 Å². The van der Waals surface area contributed by atoms with Crippen LogP contribution in [-0.4, -0.2) is 32.6 Å². The molecule has 4 nitrogen and oxygen atoms in total. The fourth-order valence-electron chi connectivity index (χ4n) is 2.50. The van der Waals surface area contributed by atoms with E-state index in [9.17, 15) is 8.42 Å². The normalized spacial score (nSPS) is 22.2. The van der Waals surface area contributed by atoms with Crippen molar-refractivity contribution >= 4 is 9.84 Å². The molecular formula is C14H21NO3S. The van der Waals surface area contributed by atoms with Gasteiger partial charge < -0.3 is 10.5 Å². The van der Waals surface area contributed by atoms with Gasteiger partial charge in [0.05, 0.1) is 11.9 Å². The number of para-hydroxylation sites is 1. The Kier molecular flexibility index (Phi) is 4.16. The Morgan fingerprint density at radius 2 is 2.11 bits per heavy atom. The average molecular weight is 283 g/mol. The Balaban J connectivity index is 2.13. The summed E-state index contributed by atoms with van der Waals surface area (Å²) in [5, 5.41) is -0.512. The standard InChI is InChI=1S/C14H21NO3S/c1-10(19(2,16)17)13(15)9-11-7-8-18-14-6-4-3-5-12(11)14/h3-6,10-11,13H,7-9,15H2,1-2H3. The molecule has 2 rings (SSSR count). The van der Waals surface area contributed by atoms with Crippen molar-refractivity contribution in [1.29, 1.82) is 0 Å². The van der Waals surface area contributed by atoms with Crippen LogP contribution in [0.15, 0.2) is 24.3 Å². The predicted molar refractivity (Wildman–Crippen MR) is 76.2 cm³/mol. The Bertz CT molecular complexity index is 541. The first-order valence-electron chi connectivity index (χ1n) is 6.55. The van der Waals surface area contributed by atoms with E-state index in [0.717, 1.165) is 17.7 Å². The van der Waals surface area contributed by atoms with Crippen molar-refractivity contribution < 1.29 is 13.2 Å². The predicted octanol–water partition coefficient (Wildman–Crippen LogP) is 1.70. The van der Waals surface area contributed by atoms with E-state index < -0.39 is 15.1 Å². The number of hydrogen-bond acceptors (Lipinski definition) is 4. The molecule has 0 saturated carbocycles. The summed E-state index contributed by atoms with van der Waals surface area (Å²) in [5.41, 5.74) is 7.21. The molecule has 0 spiro atoms. The Labute approximate surface area is 114 Å². The lowest BCUT2D eigenvalue weighted by molar-refractivity contribution is 0.258. The van der Waals surface area contributed by atoms with E-state index in [2.05, 4.69) is 0 Å². The maximum Gasteiger partial charge on any atom is 0.151 e. The van der Waals surface area contributed by atoms with E-state index in [1.165, 1.54) is 6.26 Å². The van der Waals surface area contributed by atoms with Gasteiger partial charge in [0.2, 0.25) is 0 Å². The maximum absolute atomic E-state index is 11.6. The molecule has 1 aromatic carbocycles. The first kappa shape index (κ1) is 14.3. The molecule has 1 aliphatic heterocycles. The summed E-state index contributed by atoms with van der Waals surface area (Å²) in [6.07, 6.45) is 2.81. The molecule has 1 aliphatic rings. The lowest BCUT2D eigenvalue weighted by Gasteiger charge is -2.29. The average Bonchev–Trinajstić information content (AvgIpc) is 2.37. The van der Waals surface area contributed by atoms with Crippen molar-refractivity contribution in [2.24, 2.45) is 5.73 Å². The lowest BCUT2D eigenvalue weighted by Crippen LogP contribution is -2.39. The molecule has 0 aromatic heterocycles. The van der Waals surface area contributed by atoms with Crippen molar-refractivity contribution in [3.05, 3.63) is 29.8 Å². The van der Waals surface area contributed by atoms with Crippen molar-refractivity contribution in [1.82, 2.24) is 0 Å². The number of rotatable bonds is 4. The molecule has 5 heteroatoms. The van der Waals surface area contributed by atoms with Crippen LogP contribution in [-0.2, 0) is 9.84 Å². The van der Waals surface area contributed by atoms with Gasteiger partial charge in [-0.05, 0) is 37.3 Å². The summed E-state index contributed by atoms with van der Waals surface area (Å²) in [7, 11) is -3.09. The van der Waals surface area contributed by atoms with E-state index in [0.29, 0.717) is 13.0 Å². The minimum absolute atomic E-state index is 0.282. The van der Waals surface area contributed by atoms with E-state index in [1.54, 1.807) is 6.92 Å². The van der Waals surface area contributed by atoms with Gasteiger partial charge in [0.1, 0.15) is 5.75 Å². The summed E-state index contributed by atoms with van der Waals surface area (Å²) in [6, 6.07) is 7.57. The van der Waals surface area contributed by atoms with Gasteiger partial charge in [0, 0.05) is 12.3 Å². The monoisotopic (exact) mass is 283 g/mol. The topological polar surface area (TPSA) is 69.4 Å². The van der Waals surface area contributed by atoms with Crippen LogP contribution in [0.5, 0.6) is 5.75 Å². The quantitative estimate of drug-likeness (QED) is 0.913. The number of sulfone groups is 1. The summed E-state index contributed by atoms with van der Waals surface area (Å²) in [6.45, 7) is 2.35. The molecule has 106 valence electrons. The molecule has 0 saturated heterocycles. The molecular weight excluding hydrogens is 262 g/mol. The van der Waals surface area contributed by atoms with Gasteiger partial charge in [0.15, 0.2) is 9.84 Å². The second-order valence-corrected chi connectivity index (χ2v) is 7.71. The second-order valence-electron chi connectivity index (χ2n) is 5.31. The zero-order valence-electron chi connectivity index (χ0n) is 11.4. The van der Waals surface area contributed by atoms with Crippen LogP contribution >= 0.6 is 0 Å². The summed E-state index contributed by atoms with van der Waals surface area (Å²) in [4.78, 5) is 0. The second kappa shape index (κ2) is 5.51. The minimum Gasteiger partial charge on any atom is -0.493 e. The van der Waals surface area contributed by atoms with Gasteiger partial charge in [-0.25, -0.2) is 8.42 Å². The van der Waals surface area contributed by atoms with Gasteiger partial charge in [-0.1, -0.05) is 18.2 Å². The van der Waals surface area contributed by atoms with Gasteiger partial charge in [-0.3, -0.25) is 0 Å². The summed E-state index contributed by atoms with van der Waals surface area (Å²) >= 11 is 0. The molecule has 0 aliphatic carbocycles. The van der Waals surface area contributed by atoms with E-state index in [4.69, 9.17) is 10.5 Å². The maximum atomic E-state index is 11.6. The summed E-state index contributed by atoms with van der Waals surface area (Å²) in [5.74, 6) is 1.18. The Hall–Kier alpha value is -1.07. The smallest absolute Gasteiger partial charge is 0.151 e. The third-order valence-electron chi connectivity index (χ3n) is 3.92. The Morgan fingerprint density at radius 3 is 2.79 bits per heavy atom. The van der Waals surface area contributed by atoms with E-state index in [-0.39, 0.29) is 12.0 Å². The Morgan fingerprint density at radius 1 is 1.42 bits per heavy atom. The molecule has 0 radical (unpaired) electrons. The molecule has 19 heavy (non-hydrogen) atoms. The number of benzene rings is 1. The van der Waals surface area contributed by atoms with Gasteiger partial charge in [0.25, 0.3) is 0 Å². The minimum atomic E-state index is -3.09. The number of fused-ring (bicyclic) bond motifs is 1. The van der Waals surface area contributed by atoms with E-state index in [1.807, 2.05) is 24.3 Å². The highest BCUT2D eigenvalue weighted by Gasteiger charge is 2.28. The highest BCUT2D eigenvalue weighted by molar-refractivity contribution is 7.91. The van der Waals surface area contributed by atoms with Crippen LogP contribution in [0.4, 0.5) is 0 Å². The van der Waals surface area contributed by atoms with Crippen molar-refractivity contribution in [3.63, 3.8) is 0 Å². The third kappa shape index (κ3) is 3.28. The van der Waals surface area contributed by atoms with Crippen LogP contribution in [0, 0.1) is 0 Å². The number of nitrogens with two attached hydrogens (primary N) is 1. The SMILES string of the molecule is CC(C(N)CC1CCOc2ccccc21)S(C)(=O)=O. The van der Waals surface area contributed by atoms with Crippen LogP contribution in [0.2, 0.25) is 0 Å². The van der Waals surface area contributed by atoms with Crippen LogP contribution in [0.1, 0.15) is 31.2 Å². The van der Waals surface area contributed by atoms with Gasteiger partial charge in [-0.15, -0.1) is 0 Å². The molecule has 1 heterocycles. The first-order valence-corrected chi connectivity index (χ1v) is 8.51. The zero-order valence-corrected chi connectivity index (χ0v) is 12.2. The number of hydrogen-bond donors (Lipinski definition) is 1. The highest BCUT2D eigenvalue weighted by atomic mass is 32.2. The molecule has 0 fully saturated rings. The highest BCUT2D eigenvalue weighted by Crippen LogP contribution is 2.36. The van der Waals surface area contributed by atoms with Crippen molar-refractivity contribution in [2.75, 3.05) is 12.9 Å². The van der Waals surface area contributed by atoms with Crippen LogP contribution in [0.3, 0.4) is 0 Å². The van der Waals surface area contributed by atoms with Gasteiger partial charge in [-0.2, -0.15) is 0 Å². The first-order chi connectivity index (χ1) is 8.89. The summed E-state index contributed by atoms with van der Waals surface area (Å²) < 4.78 is 28.7. The van der Waals surface area contributed by atoms with Crippen molar-refractivity contribution in [2.45, 2.75) is 37.0 Å². The lowest BCUT2D eigenvalue weighted by atomic mass is 9.87.